The molecule has 114 valence electrons. The zero-order valence-electron chi connectivity index (χ0n) is 11.1. The van der Waals surface area contributed by atoms with E-state index in [-0.39, 0.29) is 6.42 Å². The normalized spacial score (nSPS) is 23.4. The number of hydrogen-bond donors (Lipinski definition) is 3. The van der Waals surface area contributed by atoms with Gasteiger partial charge in [-0.05, 0) is 43.0 Å². The molecule has 1 aliphatic rings. The minimum Gasteiger partial charge on any atom is -0.481 e. The third-order valence-corrected chi connectivity index (χ3v) is 4.35. The van der Waals surface area contributed by atoms with E-state index in [1.165, 1.54) is 0 Å². The molecule has 2 rings (SSSR count). The number of halogens is 2. The minimum absolute atomic E-state index is 0.132. The summed E-state index contributed by atoms with van der Waals surface area (Å²) in [4.78, 5) is 22.4. The van der Waals surface area contributed by atoms with Crippen LogP contribution in [0.1, 0.15) is 18.4 Å². The number of nitrogens with two attached hydrogens (primary N) is 1. The molecule has 0 aromatic heterocycles. The number of aliphatic carboxylic acids is 2. The lowest BCUT2D eigenvalue weighted by Crippen LogP contribution is -2.51. The molecule has 1 aliphatic carbocycles. The molecule has 21 heavy (non-hydrogen) atoms. The predicted octanol–water partition coefficient (Wildman–Crippen LogP) is 2.43. The highest BCUT2D eigenvalue weighted by Gasteiger charge is 2.57. The SMILES string of the molecule is NC(CCc1cc(Cl)cc(Cl)c1)(C(=O)O)[C@H]1C[C@@H]1C(=O)O. The van der Waals surface area contributed by atoms with Crippen LogP contribution >= 0.6 is 23.2 Å². The van der Waals surface area contributed by atoms with Gasteiger partial charge in [-0.1, -0.05) is 23.2 Å². The standard InChI is InChI=1S/C14H15Cl2NO4/c15-8-3-7(4-9(16)5-8)1-2-14(17,13(20)21)11-6-10(11)12(18)19/h3-5,10-11H,1-2,6,17H2,(H,18,19)(H,20,21)/t10-,11-,14?/m0/s1. The summed E-state index contributed by atoms with van der Waals surface area (Å²) in [7, 11) is 0. The van der Waals surface area contributed by atoms with Gasteiger partial charge in [0, 0.05) is 16.0 Å². The van der Waals surface area contributed by atoms with Gasteiger partial charge in [0.25, 0.3) is 0 Å². The molecule has 7 heteroatoms. The summed E-state index contributed by atoms with van der Waals surface area (Å²) < 4.78 is 0. The van der Waals surface area contributed by atoms with Crippen molar-refractivity contribution in [2.45, 2.75) is 24.8 Å². The Bertz CT molecular complexity index is 572. The zero-order chi connectivity index (χ0) is 15.8. The van der Waals surface area contributed by atoms with Crippen molar-refractivity contribution < 1.29 is 19.8 Å². The first kappa shape index (κ1) is 16.1. The Morgan fingerprint density at radius 3 is 2.24 bits per heavy atom. The van der Waals surface area contributed by atoms with Gasteiger partial charge in [-0.15, -0.1) is 0 Å². The first-order chi connectivity index (χ1) is 9.74. The van der Waals surface area contributed by atoms with Crippen LogP contribution < -0.4 is 5.73 Å². The van der Waals surface area contributed by atoms with Crippen molar-refractivity contribution in [2.24, 2.45) is 17.6 Å². The van der Waals surface area contributed by atoms with Crippen LogP contribution in [0.3, 0.4) is 0 Å². The molecule has 5 nitrogen and oxygen atoms in total. The van der Waals surface area contributed by atoms with E-state index in [1.807, 2.05) is 0 Å². The molecule has 1 saturated carbocycles. The molecule has 0 bridgehead atoms. The summed E-state index contributed by atoms with van der Waals surface area (Å²) in [5.41, 5.74) is 5.20. The lowest BCUT2D eigenvalue weighted by molar-refractivity contribution is -0.145. The molecule has 1 fully saturated rings. The van der Waals surface area contributed by atoms with Gasteiger partial charge in [-0.3, -0.25) is 9.59 Å². The zero-order valence-corrected chi connectivity index (χ0v) is 12.6. The largest absolute Gasteiger partial charge is 0.481 e. The fourth-order valence-corrected chi connectivity index (χ4v) is 3.17. The summed E-state index contributed by atoms with van der Waals surface area (Å²) in [5.74, 6) is -3.39. The number of carboxylic acids is 2. The van der Waals surface area contributed by atoms with Crippen molar-refractivity contribution >= 4 is 35.1 Å². The number of hydrogen-bond acceptors (Lipinski definition) is 3. The lowest BCUT2D eigenvalue weighted by atomic mass is 9.86. The van der Waals surface area contributed by atoms with Crippen molar-refractivity contribution in [3.05, 3.63) is 33.8 Å². The summed E-state index contributed by atoms with van der Waals surface area (Å²) in [5, 5.41) is 19.2. The number of rotatable bonds is 6. The van der Waals surface area contributed by atoms with Gasteiger partial charge in [0.2, 0.25) is 0 Å². The van der Waals surface area contributed by atoms with Gasteiger partial charge in [0.15, 0.2) is 0 Å². The van der Waals surface area contributed by atoms with Gasteiger partial charge in [-0.25, -0.2) is 0 Å². The molecule has 0 aliphatic heterocycles. The van der Waals surface area contributed by atoms with Gasteiger partial charge < -0.3 is 15.9 Å². The van der Waals surface area contributed by atoms with Gasteiger partial charge in [0.05, 0.1) is 5.92 Å². The molecule has 0 radical (unpaired) electrons. The molecule has 1 aromatic carbocycles. The maximum absolute atomic E-state index is 11.5. The molecular formula is C14H15Cl2NO4. The second-order valence-electron chi connectivity index (χ2n) is 5.41. The highest BCUT2D eigenvalue weighted by atomic mass is 35.5. The van der Waals surface area contributed by atoms with Crippen molar-refractivity contribution in [3.63, 3.8) is 0 Å². The number of carboxylic acid groups (broad SMARTS) is 2. The van der Waals surface area contributed by atoms with Gasteiger partial charge >= 0.3 is 11.9 Å². The van der Waals surface area contributed by atoms with Gasteiger partial charge in [0.1, 0.15) is 5.54 Å². The number of benzene rings is 1. The fraction of sp³-hybridized carbons (Fsp3) is 0.429. The third-order valence-electron chi connectivity index (χ3n) is 3.92. The van der Waals surface area contributed by atoms with Gasteiger partial charge in [-0.2, -0.15) is 0 Å². The van der Waals surface area contributed by atoms with Crippen LogP contribution in [0.5, 0.6) is 0 Å². The molecule has 1 aromatic rings. The fourth-order valence-electron chi connectivity index (χ4n) is 2.59. The molecule has 0 heterocycles. The maximum atomic E-state index is 11.5. The van der Waals surface area contributed by atoms with Crippen molar-refractivity contribution in [2.75, 3.05) is 0 Å². The average molecular weight is 332 g/mol. The Morgan fingerprint density at radius 1 is 1.24 bits per heavy atom. The van der Waals surface area contributed by atoms with Crippen LogP contribution in [0.4, 0.5) is 0 Å². The molecule has 3 atom stereocenters. The molecule has 0 amide bonds. The predicted molar refractivity (Wildman–Crippen MR) is 78.6 cm³/mol. The molecule has 1 unspecified atom stereocenters. The van der Waals surface area contributed by atoms with Crippen LogP contribution in [0.25, 0.3) is 0 Å². The van der Waals surface area contributed by atoms with E-state index in [2.05, 4.69) is 0 Å². The topological polar surface area (TPSA) is 101 Å². The maximum Gasteiger partial charge on any atom is 0.324 e. The second kappa shape index (κ2) is 5.83. The summed E-state index contributed by atoms with van der Waals surface area (Å²) in [6.45, 7) is 0. The average Bonchev–Trinajstić information content (AvgIpc) is 3.15. The van der Waals surface area contributed by atoms with E-state index < -0.39 is 29.3 Å². The summed E-state index contributed by atoms with van der Waals surface area (Å²) in [6, 6.07) is 4.97. The van der Waals surface area contributed by atoms with Crippen LogP contribution in [-0.2, 0) is 16.0 Å². The molecule has 4 N–H and O–H groups in total. The summed E-state index contributed by atoms with van der Waals surface area (Å²) >= 11 is 11.8. The van der Waals surface area contributed by atoms with E-state index in [0.717, 1.165) is 5.56 Å². The Morgan fingerprint density at radius 2 is 1.81 bits per heavy atom. The highest BCUT2D eigenvalue weighted by molar-refractivity contribution is 6.34. The Hall–Kier alpha value is -1.30. The Kier molecular flexibility index (Phi) is 4.46. The van der Waals surface area contributed by atoms with Crippen LogP contribution in [0.15, 0.2) is 18.2 Å². The van der Waals surface area contributed by atoms with Crippen molar-refractivity contribution in [3.8, 4) is 0 Å². The number of carbonyl (C=O) groups is 2. The summed E-state index contributed by atoms with van der Waals surface area (Å²) in [6.07, 6.45) is 0.799. The monoisotopic (exact) mass is 331 g/mol. The van der Waals surface area contributed by atoms with Crippen molar-refractivity contribution in [1.29, 1.82) is 0 Å². The van der Waals surface area contributed by atoms with Crippen molar-refractivity contribution in [1.82, 2.24) is 0 Å². The minimum atomic E-state index is -1.54. The highest BCUT2D eigenvalue weighted by Crippen LogP contribution is 2.47. The van der Waals surface area contributed by atoms with Crippen LogP contribution in [0.2, 0.25) is 10.0 Å². The quantitative estimate of drug-likeness (QED) is 0.743. The third kappa shape index (κ3) is 3.48. The van der Waals surface area contributed by atoms with Crippen LogP contribution in [0, 0.1) is 11.8 Å². The molecular weight excluding hydrogens is 317 g/mol. The van der Waals surface area contributed by atoms with E-state index in [1.54, 1.807) is 18.2 Å². The van der Waals surface area contributed by atoms with E-state index in [9.17, 15) is 14.7 Å². The van der Waals surface area contributed by atoms with Crippen LogP contribution in [-0.4, -0.2) is 27.7 Å². The molecule has 0 spiro atoms. The van der Waals surface area contributed by atoms with E-state index in [4.69, 9.17) is 34.0 Å². The Balaban J connectivity index is 2.11. The first-order valence-electron chi connectivity index (χ1n) is 6.44. The molecule has 0 saturated heterocycles. The first-order valence-corrected chi connectivity index (χ1v) is 7.19. The second-order valence-corrected chi connectivity index (χ2v) is 6.28. The lowest BCUT2D eigenvalue weighted by Gasteiger charge is -2.25. The smallest absolute Gasteiger partial charge is 0.324 e. The number of aryl methyl sites for hydroxylation is 1. The Labute approximate surface area is 131 Å². The van der Waals surface area contributed by atoms with E-state index in [0.29, 0.717) is 22.9 Å². The van der Waals surface area contributed by atoms with E-state index >= 15 is 0 Å².